The van der Waals surface area contributed by atoms with Crippen LogP contribution in [0.5, 0.6) is 17.2 Å². The summed E-state index contributed by atoms with van der Waals surface area (Å²) in [6.45, 7) is 3.96. The fraction of sp³-hybridized carbons (Fsp3) is 0.238. The number of aromatic nitrogens is 2. The highest BCUT2D eigenvalue weighted by atomic mass is 16.5. The summed E-state index contributed by atoms with van der Waals surface area (Å²) in [5.41, 5.74) is 3.68. The van der Waals surface area contributed by atoms with Crippen LogP contribution < -0.4 is 24.8 Å². The predicted molar refractivity (Wildman–Crippen MR) is 111 cm³/mol. The first-order valence-electron chi connectivity index (χ1n) is 8.79. The molecular formula is C21H24N4O3. The third-order valence-corrected chi connectivity index (χ3v) is 4.18. The molecule has 146 valence electrons. The molecule has 1 aromatic heterocycles. The molecule has 7 heteroatoms. The first-order chi connectivity index (χ1) is 13.5. The minimum atomic E-state index is 0.518. The molecule has 1 heterocycles. The molecular weight excluding hydrogens is 356 g/mol. The maximum Gasteiger partial charge on any atom is 0.229 e. The molecule has 0 bridgehead atoms. The average Bonchev–Trinajstić information content (AvgIpc) is 2.68. The lowest BCUT2D eigenvalue weighted by molar-refractivity contribution is 0.324. The number of methoxy groups -OCH3 is 3. The van der Waals surface area contributed by atoms with Gasteiger partial charge in [-0.2, -0.15) is 4.98 Å². The van der Waals surface area contributed by atoms with Gasteiger partial charge in [0.1, 0.15) is 5.82 Å². The second-order valence-corrected chi connectivity index (χ2v) is 6.20. The third kappa shape index (κ3) is 4.25. The monoisotopic (exact) mass is 380 g/mol. The number of nitrogens with zero attached hydrogens (tertiary/aromatic N) is 2. The number of para-hydroxylation sites is 1. The van der Waals surface area contributed by atoms with Crippen LogP contribution in [-0.2, 0) is 0 Å². The Balaban J connectivity index is 1.91. The van der Waals surface area contributed by atoms with Crippen molar-refractivity contribution in [3.63, 3.8) is 0 Å². The molecule has 0 unspecified atom stereocenters. The molecule has 0 atom stereocenters. The zero-order valence-corrected chi connectivity index (χ0v) is 16.7. The molecule has 0 saturated carbocycles. The molecule has 0 fully saturated rings. The summed E-state index contributed by atoms with van der Waals surface area (Å²) in [5, 5.41) is 6.55. The van der Waals surface area contributed by atoms with Crippen molar-refractivity contribution in [2.45, 2.75) is 13.8 Å². The SMILES string of the molecule is COc1cc(Nc2cc(C)nc(Nc3ccccc3C)n2)cc(OC)c1OC. The van der Waals surface area contributed by atoms with Crippen molar-refractivity contribution < 1.29 is 14.2 Å². The molecule has 0 aliphatic heterocycles. The molecule has 2 N–H and O–H groups in total. The van der Waals surface area contributed by atoms with E-state index in [4.69, 9.17) is 14.2 Å². The lowest BCUT2D eigenvalue weighted by Crippen LogP contribution is -2.04. The number of rotatable bonds is 7. The van der Waals surface area contributed by atoms with Crippen LogP contribution in [0.1, 0.15) is 11.3 Å². The van der Waals surface area contributed by atoms with Crippen molar-refractivity contribution in [1.29, 1.82) is 0 Å². The summed E-state index contributed by atoms with van der Waals surface area (Å²) in [6.07, 6.45) is 0. The van der Waals surface area contributed by atoms with Gasteiger partial charge in [0.25, 0.3) is 0 Å². The van der Waals surface area contributed by atoms with Crippen molar-refractivity contribution in [2.24, 2.45) is 0 Å². The zero-order valence-electron chi connectivity index (χ0n) is 16.7. The highest BCUT2D eigenvalue weighted by molar-refractivity contribution is 5.67. The van der Waals surface area contributed by atoms with E-state index in [0.717, 1.165) is 22.6 Å². The van der Waals surface area contributed by atoms with Gasteiger partial charge in [0, 0.05) is 35.3 Å². The number of nitrogens with one attached hydrogen (secondary N) is 2. The predicted octanol–water partition coefficient (Wildman–Crippen LogP) is 4.61. The van der Waals surface area contributed by atoms with Crippen LogP contribution >= 0.6 is 0 Å². The Labute approximate surface area is 164 Å². The number of hydrogen-bond donors (Lipinski definition) is 2. The quantitative estimate of drug-likeness (QED) is 0.620. The summed E-state index contributed by atoms with van der Waals surface area (Å²) in [7, 11) is 4.74. The Morgan fingerprint density at radius 3 is 2.07 bits per heavy atom. The van der Waals surface area contributed by atoms with E-state index >= 15 is 0 Å². The highest BCUT2D eigenvalue weighted by Crippen LogP contribution is 2.40. The first kappa shape index (κ1) is 19.3. The molecule has 0 amide bonds. The van der Waals surface area contributed by atoms with Crippen LogP contribution in [0, 0.1) is 13.8 Å². The van der Waals surface area contributed by atoms with E-state index in [1.165, 1.54) is 0 Å². The van der Waals surface area contributed by atoms with Gasteiger partial charge in [-0.1, -0.05) is 18.2 Å². The summed E-state index contributed by atoms with van der Waals surface area (Å²) in [4.78, 5) is 9.05. The topological polar surface area (TPSA) is 77.5 Å². The maximum absolute atomic E-state index is 5.41. The van der Waals surface area contributed by atoms with Crippen LogP contribution in [0.15, 0.2) is 42.5 Å². The molecule has 0 aliphatic rings. The Kier molecular flexibility index (Phi) is 5.84. The number of hydrogen-bond acceptors (Lipinski definition) is 7. The Morgan fingerprint density at radius 1 is 0.786 bits per heavy atom. The normalized spacial score (nSPS) is 10.3. The highest BCUT2D eigenvalue weighted by Gasteiger charge is 2.14. The van der Waals surface area contributed by atoms with Crippen molar-refractivity contribution in [3.05, 3.63) is 53.7 Å². The number of anilines is 4. The third-order valence-electron chi connectivity index (χ3n) is 4.18. The molecule has 7 nitrogen and oxygen atoms in total. The van der Waals surface area contributed by atoms with Gasteiger partial charge in [-0.3, -0.25) is 0 Å². The zero-order chi connectivity index (χ0) is 20.1. The van der Waals surface area contributed by atoms with Gasteiger partial charge in [0.15, 0.2) is 11.5 Å². The molecule has 0 radical (unpaired) electrons. The molecule has 0 aliphatic carbocycles. The van der Waals surface area contributed by atoms with Gasteiger partial charge in [0.05, 0.1) is 21.3 Å². The largest absolute Gasteiger partial charge is 0.493 e. The van der Waals surface area contributed by atoms with Gasteiger partial charge < -0.3 is 24.8 Å². The summed E-state index contributed by atoms with van der Waals surface area (Å²) >= 11 is 0. The van der Waals surface area contributed by atoms with Crippen LogP contribution in [0.3, 0.4) is 0 Å². The molecule has 2 aromatic carbocycles. The van der Waals surface area contributed by atoms with Gasteiger partial charge in [0.2, 0.25) is 11.7 Å². The average molecular weight is 380 g/mol. The van der Waals surface area contributed by atoms with E-state index < -0.39 is 0 Å². The van der Waals surface area contributed by atoms with Crippen molar-refractivity contribution in [1.82, 2.24) is 9.97 Å². The van der Waals surface area contributed by atoms with Gasteiger partial charge in [-0.05, 0) is 25.5 Å². The van der Waals surface area contributed by atoms with E-state index in [1.807, 2.05) is 56.3 Å². The number of aryl methyl sites for hydroxylation is 2. The Hall–Kier alpha value is -3.48. The maximum atomic E-state index is 5.41. The smallest absolute Gasteiger partial charge is 0.229 e. The fourth-order valence-electron chi connectivity index (χ4n) is 2.82. The van der Waals surface area contributed by atoms with E-state index in [9.17, 15) is 0 Å². The summed E-state index contributed by atoms with van der Waals surface area (Å²) in [5.74, 6) is 2.83. The molecule has 0 spiro atoms. The minimum absolute atomic E-state index is 0.518. The molecule has 0 saturated heterocycles. The van der Waals surface area contributed by atoms with E-state index in [-0.39, 0.29) is 0 Å². The number of benzene rings is 2. The van der Waals surface area contributed by atoms with Crippen molar-refractivity contribution >= 4 is 23.1 Å². The molecule has 3 aromatic rings. The van der Waals surface area contributed by atoms with Gasteiger partial charge >= 0.3 is 0 Å². The second-order valence-electron chi connectivity index (χ2n) is 6.20. The first-order valence-corrected chi connectivity index (χ1v) is 8.79. The Morgan fingerprint density at radius 2 is 1.46 bits per heavy atom. The number of ether oxygens (including phenoxy) is 3. The minimum Gasteiger partial charge on any atom is -0.493 e. The summed E-state index contributed by atoms with van der Waals surface area (Å²) < 4.78 is 16.2. The van der Waals surface area contributed by atoms with Crippen LogP contribution in [-0.4, -0.2) is 31.3 Å². The van der Waals surface area contributed by atoms with Crippen LogP contribution in [0.25, 0.3) is 0 Å². The van der Waals surface area contributed by atoms with Gasteiger partial charge in [-0.25, -0.2) is 4.98 Å². The molecule has 3 rings (SSSR count). The van der Waals surface area contributed by atoms with Crippen molar-refractivity contribution in [3.8, 4) is 17.2 Å². The van der Waals surface area contributed by atoms with Gasteiger partial charge in [-0.15, -0.1) is 0 Å². The van der Waals surface area contributed by atoms with E-state index in [1.54, 1.807) is 21.3 Å². The van der Waals surface area contributed by atoms with E-state index in [2.05, 4.69) is 20.6 Å². The Bertz CT molecular complexity index is 951. The van der Waals surface area contributed by atoms with Crippen LogP contribution in [0.2, 0.25) is 0 Å². The lowest BCUT2D eigenvalue weighted by atomic mass is 10.2. The van der Waals surface area contributed by atoms with E-state index in [0.29, 0.717) is 29.0 Å². The fourth-order valence-corrected chi connectivity index (χ4v) is 2.82. The van der Waals surface area contributed by atoms with Crippen LogP contribution in [0.4, 0.5) is 23.1 Å². The standard InChI is InChI=1S/C21H24N4O3/c1-13-8-6-7-9-16(13)24-21-22-14(2)10-19(25-21)23-15-11-17(26-3)20(28-5)18(12-15)27-4/h6-12H,1-5H3,(H2,22,23,24,25). The lowest BCUT2D eigenvalue weighted by Gasteiger charge is -2.15. The van der Waals surface area contributed by atoms with Crippen molar-refractivity contribution in [2.75, 3.05) is 32.0 Å². The second kappa shape index (κ2) is 8.47. The molecule has 28 heavy (non-hydrogen) atoms. The summed E-state index contributed by atoms with van der Waals surface area (Å²) in [6, 6.07) is 13.5.